The summed E-state index contributed by atoms with van der Waals surface area (Å²) in [7, 11) is 0. The summed E-state index contributed by atoms with van der Waals surface area (Å²) in [4.78, 5) is 16.6. The highest BCUT2D eigenvalue weighted by Crippen LogP contribution is 2.17. The maximum Gasteiger partial charge on any atom is 0.251 e. The number of carbonyl (C=O) groups excluding carboxylic acids is 1. The smallest absolute Gasteiger partial charge is 0.251 e. The van der Waals surface area contributed by atoms with Gasteiger partial charge in [0.05, 0.1) is 0 Å². The second kappa shape index (κ2) is 10.7. The maximum absolute atomic E-state index is 11.9. The Bertz CT molecular complexity index is 509. The summed E-state index contributed by atoms with van der Waals surface area (Å²) in [6.45, 7) is 4.29. The Morgan fingerprint density at radius 3 is 2.58 bits per heavy atom. The maximum atomic E-state index is 11.9. The second-order valence-corrected chi connectivity index (χ2v) is 6.22. The van der Waals surface area contributed by atoms with Crippen LogP contribution in [0.5, 0.6) is 0 Å². The van der Waals surface area contributed by atoms with Gasteiger partial charge in [0.2, 0.25) is 0 Å². The van der Waals surface area contributed by atoms with E-state index in [0.717, 1.165) is 18.9 Å². The van der Waals surface area contributed by atoms with Crippen LogP contribution in [-0.2, 0) is 0 Å². The van der Waals surface area contributed by atoms with Gasteiger partial charge in [-0.1, -0.05) is 37.5 Å². The van der Waals surface area contributed by atoms with Gasteiger partial charge in [-0.25, -0.2) is 0 Å². The lowest BCUT2D eigenvalue weighted by atomic mass is 9.96. The molecule has 5 heteroatoms. The summed E-state index contributed by atoms with van der Waals surface area (Å²) in [5, 5.41) is 9.78. The molecule has 1 fully saturated rings. The van der Waals surface area contributed by atoms with Crippen molar-refractivity contribution in [2.45, 2.75) is 51.5 Å². The molecule has 0 saturated heterocycles. The summed E-state index contributed by atoms with van der Waals surface area (Å²) in [6, 6.07) is 9.86. The van der Waals surface area contributed by atoms with Gasteiger partial charge < -0.3 is 16.0 Å². The van der Waals surface area contributed by atoms with E-state index in [1.165, 1.54) is 32.1 Å². The Hall–Kier alpha value is -2.04. The first-order valence-electron chi connectivity index (χ1n) is 9.17. The average molecular weight is 330 g/mol. The minimum absolute atomic E-state index is 0.0215. The highest BCUT2D eigenvalue weighted by Gasteiger charge is 2.14. The number of amides is 1. The van der Waals surface area contributed by atoms with Crippen LogP contribution in [0.4, 0.5) is 0 Å². The molecule has 1 aliphatic carbocycles. The van der Waals surface area contributed by atoms with Crippen molar-refractivity contribution in [1.82, 2.24) is 16.0 Å². The Labute approximate surface area is 145 Å². The Balaban J connectivity index is 1.68. The molecule has 0 aliphatic heterocycles. The lowest BCUT2D eigenvalue weighted by Crippen LogP contribution is -2.44. The van der Waals surface area contributed by atoms with Crippen LogP contribution in [-0.4, -0.2) is 37.5 Å². The SMILES string of the molecule is CCNC(=NCCCNC(=O)c1ccccc1)NC1CCCCC1. The van der Waals surface area contributed by atoms with Gasteiger partial charge in [0.25, 0.3) is 5.91 Å². The molecule has 0 bridgehead atoms. The summed E-state index contributed by atoms with van der Waals surface area (Å²) < 4.78 is 0. The lowest BCUT2D eigenvalue weighted by Gasteiger charge is -2.24. The number of hydrogen-bond donors (Lipinski definition) is 3. The molecule has 2 rings (SSSR count). The van der Waals surface area contributed by atoms with E-state index in [2.05, 4.69) is 27.9 Å². The van der Waals surface area contributed by atoms with Crippen molar-refractivity contribution in [2.75, 3.05) is 19.6 Å². The Morgan fingerprint density at radius 2 is 1.88 bits per heavy atom. The van der Waals surface area contributed by atoms with Crippen LogP contribution in [0, 0.1) is 0 Å². The van der Waals surface area contributed by atoms with E-state index in [1.807, 2.05) is 30.3 Å². The molecule has 1 aromatic carbocycles. The van der Waals surface area contributed by atoms with Gasteiger partial charge in [0, 0.05) is 31.2 Å². The summed E-state index contributed by atoms with van der Waals surface area (Å²) in [5.74, 6) is 0.880. The van der Waals surface area contributed by atoms with Crippen LogP contribution in [0.3, 0.4) is 0 Å². The molecule has 5 nitrogen and oxygen atoms in total. The fourth-order valence-corrected chi connectivity index (χ4v) is 2.92. The standard InChI is InChI=1S/C19H30N4O/c1-2-20-19(23-17-12-7-4-8-13-17)22-15-9-14-21-18(24)16-10-5-3-6-11-16/h3,5-6,10-11,17H,2,4,7-9,12-15H2,1H3,(H,21,24)(H2,20,22,23). The van der Waals surface area contributed by atoms with Crippen LogP contribution >= 0.6 is 0 Å². The molecule has 0 spiro atoms. The zero-order valence-electron chi connectivity index (χ0n) is 14.7. The molecule has 24 heavy (non-hydrogen) atoms. The third kappa shape index (κ3) is 6.60. The molecule has 0 heterocycles. The number of nitrogens with one attached hydrogen (secondary N) is 3. The van der Waals surface area contributed by atoms with E-state index in [0.29, 0.717) is 24.7 Å². The summed E-state index contributed by atoms with van der Waals surface area (Å²) in [6.07, 6.45) is 7.27. The minimum Gasteiger partial charge on any atom is -0.357 e. The molecule has 3 N–H and O–H groups in total. The molecule has 1 saturated carbocycles. The van der Waals surface area contributed by atoms with Crippen molar-refractivity contribution >= 4 is 11.9 Å². The van der Waals surface area contributed by atoms with E-state index >= 15 is 0 Å². The van der Waals surface area contributed by atoms with E-state index in [9.17, 15) is 4.79 Å². The van der Waals surface area contributed by atoms with Crippen molar-refractivity contribution < 1.29 is 4.79 Å². The van der Waals surface area contributed by atoms with Crippen molar-refractivity contribution in [2.24, 2.45) is 4.99 Å². The van der Waals surface area contributed by atoms with Crippen LogP contribution in [0.15, 0.2) is 35.3 Å². The van der Waals surface area contributed by atoms with Gasteiger partial charge in [-0.15, -0.1) is 0 Å². The van der Waals surface area contributed by atoms with Crippen molar-refractivity contribution in [1.29, 1.82) is 0 Å². The fourth-order valence-electron chi connectivity index (χ4n) is 2.92. The third-order valence-corrected chi connectivity index (χ3v) is 4.22. The zero-order chi connectivity index (χ0) is 17.0. The number of nitrogens with zero attached hydrogens (tertiary/aromatic N) is 1. The largest absolute Gasteiger partial charge is 0.357 e. The molecular formula is C19H30N4O. The van der Waals surface area contributed by atoms with Crippen LogP contribution in [0.2, 0.25) is 0 Å². The van der Waals surface area contributed by atoms with E-state index in [-0.39, 0.29) is 5.91 Å². The van der Waals surface area contributed by atoms with Crippen LogP contribution in [0.25, 0.3) is 0 Å². The highest BCUT2D eigenvalue weighted by atomic mass is 16.1. The van der Waals surface area contributed by atoms with Gasteiger partial charge >= 0.3 is 0 Å². The van der Waals surface area contributed by atoms with Gasteiger partial charge in [-0.2, -0.15) is 0 Å². The predicted octanol–water partition coefficient (Wildman–Crippen LogP) is 2.69. The van der Waals surface area contributed by atoms with E-state index in [4.69, 9.17) is 0 Å². The van der Waals surface area contributed by atoms with Crippen LogP contribution < -0.4 is 16.0 Å². The highest BCUT2D eigenvalue weighted by molar-refractivity contribution is 5.94. The first kappa shape index (κ1) is 18.3. The number of aliphatic imine (C=N–C) groups is 1. The normalized spacial score (nSPS) is 15.8. The molecule has 0 aromatic heterocycles. The third-order valence-electron chi connectivity index (χ3n) is 4.22. The Kier molecular flexibility index (Phi) is 8.15. The molecule has 1 aliphatic rings. The number of hydrogen-bond acceptors (Lipinski definition) is 2. The van der Waals surface area contributed by atoms with Gasteiger partial charge in [0.1, 0.15) is 0 Å². The Morgan fingerprint density at radius 1 is 1.12 bits per heavy atom. The van der Waals surface area contributed by atoms with Crippen molar-refractivity contribution in [3.8, 4) is 0 Å². The number of guanidine groups is 1. The van der Waals surface area contributed by atoms with E-state index < -0.39 is 0 Å². The molecule has 1 aromatic rings. The summed E-state index contributed by atoms with van der Waals surface area (Å²) >= 11 is 0. The summed E-state index contributed by atoms with van der Waals surface area (Å²) in [5.41, 5.74) is 0.702. The first-order valence-corrected chi connectivity index (χ1v) is 9.17. The monoisotopic (exact) mass is 330 g/mol. The van der Waals surface area contributed by atoms with Crippen molar-refractivity contribution in [3.63, 3.8) is 0 Å². The topological polar surface area (TPSA) is 65.5 Å². The van der Waals surface area contributed by atoms with Gasteiger partial charge in [0.15, 0.2) is 5.96 Å². The van der Waals surface area contributed by atoms with Crippen LogP contribution in [0.1, 0.15) is 55.8 Å². The number of benzene rings is 1. The molecule has 1 amide bonds. The van der Waals surface area contributed by atoms with Gasteiger partial charge in [-0.3, -0.25) is 9.79 Å². The first-order chi connectivity index (χ1) is 11.8. The molecule has 0 unspecified atom stereocenters. The predicted molar refractivity (Wildman–Crippen MR) is 99.4 cm³/mol. The van der Waals surface area contributed by atoms with Gasteiger partial charge in [-0.05, 0) is 38.3 Å². The molecule has 132 valence electrons. The average Bonchev–Trinajstić information content (AvgIpc) is 2.63. The minimum atomic E-state index is -0.0215. The second-order valence-electron chi connectivity index (χ2n) is 6.22. The van der Waals surface area contributed by atoms with Crippen molar-refractivity contribution in [3.05, 3.63) is 35.9 Å². The molecule has 0 atom stereocenters. The molecule has 0 radical (unpaired) electrons. The quantitative estimate of drug-likeness (QED) is 0.409. The van der Waals surface area contributed by atoms with E-state index in [1.54, 1.807) is 0 Å². The fraction of sp³-hybridized carbons (Fsp3) is 0.579. The molecular weight excluding hydrogens is 300 g/mol. The number of carbonyl (C=O) groups is 1. The lowest BCUT2D eigenvalue weighted by molar-refractivity contribution is 0.0953. The number of rotatable bonds is 7. The zero-order valence-corrected chi connectivity index (χ0v) is 14.7.